The summed E-state index contributed by atoms with van der Waals surface area (Å²) in [6, 6.07) is 0. The second-order valence-corrected chi connectivity index (χ2v) is 4.60. The molecule has 0 N–H and O–H groups in total. The van der Waals surface area contributed by atoms with Crippen LogP contribution in [-0.2, 0) is 4.74 Å². The molecule has 0 aromatic heterocycles. The minimum Gasteiger partial charge on any atom is -0.378 e. The number of morpholine rings is 1. The Bertz CT molecular complexity index is 263. The van der Waals surface area contributed by atoms with Gasteiger partial charge in [0.25, 0.3) is 0 Å². The topological polar surface area (TPSA) is 24.8 Å². The van der Waals surface area contributed by atoms with E-state index in [2.05, 4.69) is 35.9 Å². The lowest BCUT2D eigenvalue weighted by Gasteiger charge is -2.32. The predicted molar refractivity (Wildman–Crippen MR) is 69.0 cm³/mol. The Morgan fingerprint density at radius 1 is 1.25 bits per heavy atom. The van der Waals surface area contributed by atoms with E-state index in [9.17, 15) is 0 Å². The van der Waals surface area contributed by atoms with Crippen LogP contribution in [0.3, 0.4) is 0 Å². The van der Waals surface area contributed by atoms with Gasteiger partial charge in [-0.25, -0.2) is 0 Å². The standard InChI is InChI=1S/C11H18N2O.C2H6/c1-11(2)4-3-10(12-9-11)13-5-7-14-8-6-13;1-2/h3-4H,5-9H2,1-2H3;1-2H3. The number of hydrogen-bond donors (Lipinski definition) is 0. The number of rotatable bonds is 0. The van der Waals surface area contributed by atoms with Gasteiger partial charge in [-0.2, -0.15) is 0 Å². The van der Waals surface area contributed by atoms with Crippen LogP contribution in [0.4, 0.5) is 0 Å². The third-order valence-corrected chi connectivity index (χ3v) is 2.67. The molecule has 0 radical (unpaired) electrons. The second kappa shape index (κ2) is 6.04. The normalized spacial score (nSPS) is 23.2. The molecule has 2 rings (SSSR count). The van der Waals surface area contributed by atoms with E-state index in [0.717, 1.165) is 38.7 Å². The Hall–Kier alpha value is -0.830. The molecule has 3 nitrogen and oxygen atoms in total. The molecule has 1 fully saturated rings. The highest BCUT2D eigenvalue weighted by molar-refractivity contribution is 5.93. The number of hydrogen-bond acceptors (Lipinski definition) is 3. The van der Waals surface area contributed by atoms with Crippen molar-refractivity contribution in [3.05, 3.63) is 12.2 Å². The van der Waals surface area contributed by atoms with Gasteiger partial charge in [-0.1, -0.05) is 33.8 Å². The predicted octanol–water partition coefficient (Wildman–Crippen LogP) is 2.34. The number of nitrogens with zero attached hydrogens (tertiary/aromatic N) is 2. The molecule has 3 heteroatoms. The van der Waals surface area contributed by atoms with Crippen molar-refractivity contribution in [2.45, 2.75) is 27.7 Å². The molecule has 0 bridgehead atoms. The fourth-order valence-electron chi connectivity index (χ4n) is 1.69. The average Bonchev–Trinajstić information content (AvgIpc) is 2.33. The van der Waals surface area contributed by atoms with Gasteiger partial charge in [-0.3, -0.25) is 4.99 Å². The molecule has 0 unspecified atom stereocenters. The first-order valence-corrected chi connectivity index (χ1v) is 6.24. The van der Waals surface area contributed by atoms with Gasteiger partial charge in [0.2, 0.25) is 0 Å². The lowest BCUT2D eigenvalue weighted by Crippen LogP contribution is -2.41. The van der Waals surface area contributed by atoms with E-state index < -0.39 is 0 Å². The van der Waals surface area contributed by atoms with Gasteiger partial charge in [0.1, 0.15) is 5.84 Å². The molecule has 16 heavy (non-hydrogen) atoms. The first-order valence-electron chi connectivity index (χ1n) is 6.24. The van der Waals surface area contributed by atoms with Crippen LogP contribution in [-0.4, -0.2) is 43.6 Å². The van der Waals surface area contributed by atoms with Crippen molar-refractivity contribution in [1.82, 2.24) is 4.90 Å². The van der Waals surface area contributed by atoms with Gasteiger partial charge < -0.3 is 9.64 Å². The lowest BCUT2D eigenvalue weighted by atomic mass is 9.91. The maximum atomic E-state index is 5.31. The number of amidine groups is 1. The van der Waals surface area contributed by atoms with Gasteiger partial charge in [0, 0.05) is 25.0 Å². The van der Waals surface area contributed by atoms with Crippen LogP contribution >= 0.6 is 0 Å². The van der Waals surface area contributed by atoms with E-state index in [1.165, 1.54) is 0 Å². The molecule has 2 aliphatic rings. The van der Waals surface area contributed by atoms with E-state index in [1.807, 2.05) is 13.8 Å². The summed E-state index contributed by atoms with van der Waals surface area (Å²) in [5.74, 6) is 1.13. The molecule has 0 aliphatic carbocycles. The minimum atomic E-state index is 0.232. The molecule has 2 heterocycles. The average molecular weight is 224 g/mol. The number of dihydropyridines is 1. The summed E-state index contributed by atoms with van der Waals surface area (Å²) >= 11 is 0. The maximum absolute atomic E-state index is 5.31. The van der Waals surface area contributed by atoms with Crippen molar-refractivity contribution >= 4 is 5.84 Å². The molecular weight excluding hydrogens is 200 g/mol. The maximum Gasteiger partial charge on any atom is 0.123 e. The SMILES string of the molecule is CC.CC1(C)C=CC(N2CCOCC2)=NC1. The van der Waals surface area contributed by atoms with Gasteiger partial charge >= 0.3 is 0 Å². The summed E-state index contributed by atoms with van der Waals surface area (Å²) in [5, 5.41) is 0. The number of aliphatic imine (C=N–C) groups is 1. The molecule has 0 atom stereocenters. The Balaban J connectivity index is 0.000000606. The van der Waals surface area contributed by atoms with Crippen LogP contribution in [0, 0.1) is 5.41 Å². The molecule has 0 spiro atoms. The van der Waals surface area contributed by atoms with Crippen molar-refractivity contribution in [3.8, 4) is 0 Å². The fourth-order valence-corrected chi connectivity index (χ4v) is 1.69. The third kappa shape index (κ3) is 3.63. The van der Waals surface area contributed by atoms with Crippen LogP contribution in [0.1, 0.15) is 27.7 Å². The van der Waals surface area contributed by atoms with Crippen LogP contribution in [0.5, 0.6) is 0 Å². The third-order valence-electron chi connectivity index (χ3n) is 2.67. The highest BCUT2D eigenvalue weighted by Gasteiger charge is 2.20. The van der Waals surface area contributed by atoms with Crippen molar-refractivity contribution < 1.29 is 4.74 Å². The zero-order valence-electron chi connectivity index (χ0n) is 11.0. The summed E-state index contributed by atoms with van der Waals surface area (Å²) in [6.07, 6.45) is 4.40. The quantitative estimate of drug-likeness (QED) is 0.631. The van der Waals surface area contributed by atoms with E-state index in [1.54, 1.807) is 0 Å². The van der Waals surface area contributed by atoms with Gasteiger partial charge in [0.05, 0.1) is 13.2 Å². The lowest BCUT2D eigenvalue weighted by molar-refractivity contribution is 0.0681. The molecular formula is C13H24N2O. The molecule has 0 amide bonds. The molecule has 0 saturated carbocycles. The minimum absolute atomic E-state index is 0.232. The Kier molecular flexibility index (Phi) is 5.00. The summed E-state index contributed by atoms with van der Waals surface area (Å²) in [6.45, 7) is 12.9. The summed E-state index contributed by atoms with van der Waals surface area (Å²) in [4.78, 5) is 6.91. The van der Waals surface area contributed by atoms with Crippen LogP contribution in [0.2, 0.25) is 0 Å². The molecule has 0 aromatic carbocycles. The Labute approximate surface area is 99.2 Å². The van der Waals surface area contributed by atoms with Crippen molar-refractivity contribution in [2.75, 3.05) is 32.8 Å². The van der Waals surface area contributed by atoms with E-state index in [4.69, 9.17) is 4.74 Å². The van der Waals surface area contributed by atoms with E-state index >= 15 is 0 Å². The first-order chi connectivity index (χ1) is 7.67. The van der Waals surface area contributed by atoms with Crippen molar-refractivity contribution in [1.29, 1.82) is 0 Å². The molecule has 1 saturated heterocycles. The zero-order chi connectivity index (χ0) is 12.0. The molecule has 2 aliphatic heterocycles. The highest BCUT2D eigenvalue weighted by Crippen LogP contribution is 2.21. The second-order valence-electron chi connectivity index (χ2n) is 4.60. The fraction of sp³-hybridized carbons (Fsp3) is 0.769. The van der Waals surface area contributed by atoms with Gasteiger partial charge in [-0.05, 0) is 6.08 Å². The van der Waals surface area contributed by atoms with E-state index in [-0.39, 0.29) is 5.41 Å². The molecule has 92 valence electrons. The van der Waals surface area contributed by atoms with E-state index in [0.29, 0.717) is 0 Å². The van der Waals surface area contributed by atoms with Crippen molar-refractivity contribution in [2.24, 2.45) is 10.4 Å². The summed E-state index contributed by atoms with van der Waals surface area (Å²) in [5.41, 5.74) is 0.232. The highest BCUT2D eigenvalue weighted by atomic mass is 16.5. The first kappa shape index (κ1) is 13.2. The largest absolute Gasteiger partial charge is 0.378 e. The van der Waals surface area contributed by atoms with Crippen LogP contribution in [0.15, 0.2) is 17.1 Å². The number of ether oxygens (including phenoxy) is 1. The van der Waals surface area contributed by atoms with Crippen molar-refractivity contribution in [3.63, 3.8) is 0 Å². The smallest absolute Gasteiger partial charge is 0.123 e. The summed E-state index contributed by atoms with van der Waals surface area (Å²) < 4.78 is 5.31. The monoisotopic (exact) mass is 224 g/mol. The Morgan fingerprint density at radius 3 is 2.38 bits per heavy atom. The Morgan fingerprint density at radius 2 is 1.88 bits per heavy atom. The van der Waals surface area contributed by atoms with Gasteiger partial charge in [-0.15, -0.1) is 0 Å². The van der Waals surface area contributed by atoms with Gasteiger partial charge in [0.15, 0.2) is 0 Å². The van der Waals surface area contributed by atoms with Crippen LogP contribution < -0.4 is 0 Å². The van der Waals surface area contributed by atoms with Crippen LogP contribution in [0.25, 0.3) is 0 Å². The summed E-state index contributed by atoms with van der Waals surface area (Å²) in [7, 11) is 0. The zero-order valence-corrected chi connectivity index (χ0v) is 11.0. The molecule has 0 aromatic rings.